The maximum Gasteiger partial charge on any atom is 0.326 e. The molecule has 212 valence electrons. The summed E-state index contributed by atoms with van der Waals surface area (Å²) in [7, 11) is 3.15. The van der Waals surface area contributed by atoms with Gasteiger partial charge in [-0.15, -0.1) is 0 Å². The molecule has 4 atom stereocenters. The number of amides is 1. The maximum absolute atomic E-state index is 14.2. The van der Waals surface area contributed by atoms with E-state index in [0.717, 1.165) is 43.2 Å². The molecular formula is C31H41ClN2O5. The minimum Gasteiger partial charge on any atom is -0.496 e. The number of aliphatic carboxylic acids is 1. The Labute approximate surface area is 236 Å². The van der Waals surface area contributed by atoms with E-state index < -0.39 is 23.5 Å². The molecule has 1 saturated carbocycles. The van der Waals surface area contributed by atoms with E-state index in [1.54, 1.807) is 25.2 Å². The highest BCUT2D eigenvalue weighted by molar-refractivity contribution is 6.32. The first-order chi connectivity index (χ1) is 18.6. The van der Waals surface area contributed by atoms with Crippen molar-refractivity contribution in [1.82, 2.24) is 10.2 Å². The largest absolute Gasteiger partial charge is 0.496 e. The molecule has 39 heavy (non-hydrogen) atoms. The lowest BCUT2D eigenvalue weighted by molar-refractivity contribution is -0.154. The van der Waals surface area contributed by atoms with Gasteiger partial charge in [-0.25, -0.2) is 4.79 Å². The molecule has 1 heterocycles. The molecule has 1 aliphatic carbocycles. The normalized spacial score (nSPS) is 24.0. The Morgan fingerprint density at radius 3 is 2.23 bits per heavy atom. The molecule has 8 heteroatoms. The predicted molar refractivity (Wildman–Crippen MR) is 152 cm³/mol. The van der Waals surface area contributed by atoms with E-state index in [0.29, 0.717) is 23.1 Å². The Morgan fingerprint density at radius 1 is 1.03 bits per heavy atom. The zero-order chi connectivity index (χ0) is 28.3. The lowest BCUT2D eigenvalue weighted by Gasteiger charge is -2.36. The Balaban J connectivity index is 1.80. The van der Waals surface area contributed by atoms with Crippen LogP contribution in [-0.2, 0) is 16.1 Å². The monoisotopic (exact) mass is 556 g/mol. The van der Waals surface area contributed by atoms with Crippen molar-refractivity contribution in [2.24, 2.45) is 17.3 Å². The Morgan fingerprint density at radius 2 is 1.67 bits per heavy atom. The summed E-state index contributed by atoms with van der Waals surface area (Å²) in [6.07, 6.45) is 4.74. The highest BCUT2D eigenvalue weighted by Gasteiger charge is 2.58. The van der Waals surface area contributed by atoms with Crippen molar-refractivity contribution < 1.29 is 24.2 Å². The first-order valence-electron chi connectivity index (χ1n) is 13.8. The van der Waals surface area contributed by atoms with Gasteiger partial charge in [0.25, 0.3) is 0 Å². The van der Waals surface area contributed by atoms with Crippen molar-refractivity contribution in [1.29, 1.82) is 0 Å². The van der Waals surface area contributed by atoms with Gasteiger partial charge in [-0.3, -0.25) is 4.79 Å². The number of hydrogen-bond acceptors (Lipinski definition) is 5. The number of nitrogens with zero attached hydrogens (tertiary/aromatic N) is 1. The molecule has 4 rings (SSSR count). The van der Waals surface area contributed by atoms with E-state index in [1.807, 2.05) is 36.4 Å². The van der Waals surface area contributed by atoms with Gasteiger partial charge in [0.05, 0.1) is 25.3 Å². The van der Waals surface area contributed by atoms with Crippen LogP contribution in [0.2, 0.25) is 5.02 Å². The van der Waals surface area contributed by atoms with Gasteiger partial charge in [0.15, 0.2) is 0 Å². The van der Waals surface area contributed by atoms with Crippen LogP contribution >= 0.6 is 11.6 Å². The molecule has 4 unspecified atom stereocenters. The number of carbonyl (C=O) groups excluding carboxylic acids is 1. The number of carboxylic acids is 1. The van der Waals surface area contributed by atoms with Crippen LogP contribution in [0.4, 0.5) is 0 Å². The number of likely N-dealkylation sites (tertiary alicyclic amines) is 1. The average Bonchev–Trinajstić information content (AvgIpc) is 3.28. The molecule has 1 saturated heterocycles. The van der Waals surface area contributed by atoms with Crippen LogP contribution in [0.15, 0.2) is 42.5 Å². The number of halogens is 1. The number of nitrogens with one attached hydrogen (secondary N) is 1. The SMILES string of the molecule is COc1cc(OC)c(CNC2C(c3ccccc3)N(C(=O)C3CCCCC3)C(C(=O)O)C2C(C)(C)C)cc1Cl. The lowest BCUT2D eigenvalue weighted by atomic mass is 9.72. The molecule has 2 aliphatic rings. The molecule has 2 aromatic carbocycles. The Bertz CT molecular complexity index is 1160. The van der Waals surface area contributed by atoms with Crippen LogP contribution in [0.25, 0.3) is 0 Å². The second-order valence-corrected chi connectivity index (χ2v) is 12.2. The molecule has 2 fully saturated rings. The molecule has 1 amide bonds. The van der Waals surface area contributed by atoms with Crippen molar-refractivity contribution in [2.75, 3.05) is 14.2 Å². The summed E-state index contributed by atoms with van der Waals surface area (Å²) in [6, 6.07) is 11.7. The number of rotatable bonds is 8. The minimum absolute atomic E-state index is 0.0421. The van der Waals surface area contributed by atoms with Crippen LogP contribution in [-0.4, -0.2) is 48.2 Å². The minimum atomic E-state index is -0.964. The number of carbonyl (C=O) groups is 2. The summed E-state index contributed by atoms with van der Waals surface area (Å²) >= 11 is 6.46. The van der Waals surface area contributed by atoms with Gasteiger partial charge in [0, 0.05) is 36.1 Å². The number of benzene rings is 2. The van der Waals surface area contributed by atoms with Gasteiger partial charge in [-0.2, -0.15) is 0 Å². The third-order valence-electron chi connectivity index (χ3n) is 8.35. The second kappa shape index (κ2) is 12.2. The summed E-state index contributed by atoms with van der Waals surface area (Å²) in [5.41, 5.74) is 1.35. The van der Waals surface area contributed by atoms with Crippen molar-refractivity contribution in [3.8, 4) is 11.5 Å². The lowest BCUT2D eigenvalue weighted by Crippen LogP contribution is -2.49. The van der Waals surface area contributed by atoms with Gasteiger partial charge in [-0.1, -0.05) is 82.0 Å². The van der Waals surface area contributed by atoms with Crippen molar-refractivity contribution >= 4 is 23.5 Å². The number of methoxy groups -OCH3 is 2. The topological polar surface area (TPSA) is 88.1 Å². The summed E-state index contributed by atoms with van der Waals surface area (Å²) in [4.78, 5) is 28.9. The molecule has 2 aromatic rings. The molecule has 0 spiro atoms. The van der Waals surface area contributed by atoms with Crippen LogP contribution in [0, 0.1) is 17.3 Å². The molecular weight excluding hydrogens is 516 g/mol. The zero-order valence-electron chi connectivity index (χ0n) is 23.6. The number of carboxylic acid groups (broad SMARTS) is 1. The van der Waals surface area contributed by atoms with Crippen molar-refractivity contribution in [3.63, 3.8) is 0 Å². The van der Waals surface area contributed by atoms with E-state index in [1.165, 1.54) is 0 Å². The zero-order valence-corrected chi connectivity index (χ0v) is 24.3. The summed E-state index contributed by atoms with van der Waals surface area (Å²) in [5, 5.41) is 14.8. The fourth-order valence-corrected chi connectivity index (χ4v) is 6.84. The van der Waals surface area contributed by atoms with Crippen LogP contribution in [0.5, 0.6) is 11.5 Å². The maximum atomic E-state index is 14.2. The fourth-order valence-electron chi connectivity index (χ4n) is 6.58. The standard InChI is InChI=1S/C31H41ClN2O5/c1-31(2,3)25-26(33-18-21-16-22(32)24(39-5)17-23(21)38-4)27(19-12-8-6-9-13-19)34(28(25)30(36)37)29(35)20-14-10-7-11-15-20/h6,8-9,12-13,16-17,20,25-28,33H,7,10-11,14-15,18H2,1-5H3,(H,36,37). The Hall–Kier alpha value is -2.77. The molecule has 1 aliphatic heterocycles. The summed E-state index contributed by atoms with van der Waals surface area (Å²) in [5.74, 6) is -0.369. The number of hydrogen-bond donors (Lipinski definition) is 2. The fraction of sp³-hybridized carbons (Fsp3) is 0.548. The summed E-state index contributed by atoms with van der Waals surface area (Å²) < 4.78 is 11.0. The highest BCUT2D eigenvalue weighted by Crippen LogP contribution is 2.49. The van der Waals surface area contributed by atoms with Crippen molar-refractivity contribution in [2.45, 2.75) is 77.5 Å². The third kappa shape index (κ3) is 6.04. The molecule has 0 aromatic heterocycles. The van der Waals surface area contributed by atoms with E-state index >= 15 is 0 Å². The third-order valence-corrected chi connectivity index (χ3v) is 8.65. The molecule has 2 N–H and O–H groups in total. The van der Waals surface area contributed by atoms with E-state index in [4.69, 9.17) is 21.1 Å². The van der Waals surface area contributed by atoms with Crippen molar-refractivity contribution in [3.05, 3.63) is 58.6 Å². The van der Waals surface area contributed by atoms with E-state index in [2.05, 4.69) is 26.1 Å². The second-order valence-electron chi connectivity index (χ2n) is 11.8. The van der Waals surface area contributed by atoms with E-state index in [-0.39, 0.29) is 23.8 Å². The first-order valence-corrected chi connectivity index (χ1v) is 14.2. The summed E-state index contributed by atoms with van der Waals surface area (Å²) in [6.45, 7) is 6.56. The van der Waals surface area contributed by atoms with Crippen LogP contribution < -0.4 is 14.8 Å². The number of ether oxygens (including phenoxy) is 2. The van der Waals surface area contributed by atoms with Crippen LogP contribution in [0.3, 0.4) is 0 Å². The van der Waals surface area contributed by atoms with Gasteiger partial charge in [0.1, 0.15) is 17.5 Å². The first kappa shape index (κ1) is 29.2. The van der Waals surface area contributed by atoms with Crippen LogP contribution in [0.1, 0.15) is 70.0 Å². The van der Waals surface area contributed by atoms with Gasteiger partial charge in [-0.05, 0) is 29.9 Å². The van der Waals surface area contributed by atoms with Gasteiger partial charge < -0.3 is 24.8 Å². The molecule has 0 radical (unpaired) electrons. The predicted octanol–water partition coefficient (Wildman–Crippen LogP) is 6.09. The average molecular weight is 557 g/mol. The Kier molecular flexibility index (Phi) is 9.12. The van der Waals surface area contributed by atoms with E-state index in [9.17, 15) is 14.7 Å². The quantitative estimate of drug-likeness (QED) is 0.409. The molecule has 0 bridgehead atoms. The van der Waals surface area contributed by atoms with Gasteiger partial charge >= 0.3 is 5.97 Å². The van der Waals surface area contributed by atoms with Gasteiger partial charge in [0.2, 0.25) is 5.91 Å². The highest BCUT2D eigenvalue weighted by atomic mass is 35.5. The smallest absolute Gasteiger partial charge is 0.326 e. The molecule has 7 nitrogen and oxygen atoms in total.